The molecule has 0 N–H and O–H groups in total. The van der Waals surface area contributed by atoms with Crippen LogP contribution in [0.25, 0.3) is 0 Å². The molecule has 0 radical (unpaired) electrons. The van der Waals surface area contributed by atoms with E-state index in [1.807, 2.05) is 0 Å². The van der Waals surface area contributed by atoms with Gasteiger partial charge in [0.25, 0.3) is 0 Å². The van der Waals surface area contributed by atoms with Crippen molar-refractivity contribution in [3.05, 3.63) is 0 Å². The fourth-order valence-electron chi connectivity index (χ4n) is 1.22. The Labute approximate surface area is 70.5 Å². The van der Waals surface area contributed by atoms with Crippen LogP contribution in [-0.4, -0.2) is 36.2 Å². The SMILES string of the molecule is CC(C)(C=O)N1CC(C(F)F)C1. The fourth-order valence-corrected chi connectivity index (χ4v) is 1.22. The number of alkyl halides is 2. The molecular weight excluding hydrogens is 164 g/mol. The number of carbonyl (C=O) groups is 1. The molecule has 0 bridgehead atoms. The molecule has 0 unspecified atom stereocenters. The van der Waals surface area contributed by atoms with E-state index in [0.29, 0.717) is 13.1 Å². The smallest absolute Gasteiger partial charge is 0.243 e. The van der Waals surface area contributed by atoms with Crippen LogP contribution < -0.4 is 0 Å². The van der Waals surface area contributed by atoms with Gasteiger partial charge in [-0.3, -0.25) is 4.90 Å². The van der Waals surface area contributed by atoms with E-state index in [4.69, 9.17) is 0 Å². The molecule has 0 aromatic carbocycles. The first-order valence-electron chi connectivity index (χ1n) is 3.97. The Morgan fingerprint density at radius 2 is 2.00 bits per heavy atom. The number of hydrogen-bond donors (Lipinski definition) is 0. The van der Waals surface area contributed by atoms with Crippen molar-refractivity contribution in [1.29, 1.82) is 0 Å². The van der Waals surface area contributed by atoms with Crippen LogP contribution in [0.3, 0.4) is 0 Å². The van der Waals surface area contributed by atoms with E-state index >= 15 is 0 Å². The summed E-state index contributed by atoms with van der Waals surface area (Å²) in [6, 6.07) is 0. The normalized spacial score (nSPS) is 21.1. The summed E-state index contributed by atoms with van der Waals surface area (Å²) in [6.07, 6.45) is -1.45. The second kappa shape index (κ2) is 3.09. The highest BCUT2D eigenvalue weighted by Crippen LogP contribution is 2.28. The van der Waals surface area contributed by atoms with E-state index in [1.54, 1.807) is 18.7 Å². The number of carbonyl (C=O) groups excluding carboxylic acids is 1. The zero-order valence-corrected chi connectivity index (χ0v) is 7.26. The van der Waals surface area contributed by atoms with Crippen LogP contribution in [0.5, 0.6) is 0 Å². The summed E-state index contributed by atoms with van der Waals surface area (Å²) >= 11 is 0. The molecule has 1 saturated heterocycles. The first-order chi connectivity index (χ1) is 5.47. The third-order valence-electron chi connectivity index (χ3n) is 2.37. The summed E-state index contributed by atoms with van der Waals surface area (Å²) < 4.78 is 24.1. The van der Waals surface area contributed by atoms with Gasteiger partial charge in [0.2, 0.25) is 6.43 Å². The van der Waals surface area contributed by atoms with Gasteiger partial charge in [-0.15, -0.1) is 0 Å². The van der Waals surface area contributed by atoms with Crippen molar-refractivity contribution >= 4 is 6.29 Å². The van der Waals surface area contributed by atoms with Gasteiger partial charge in [0, 0.05) is 19.0 Å². The summed E-state index contributed by atoms with van der Waals surface area (Å²) in [7, 11) is 0. The minimum Gasteiger partial charge on any atom is -0.301 e. The number of nitrogens with zero attached hydrogens (tertiary/aromatic N) is 1. The van der Waals surface area contributed by atoms with Gasteiger partial charge in [0.05, 0.1) is 5.54 Å². The highest BCUT2D eigenvalue weighted by molar-refractivity contribution is 5.62. The molecule has 0 spiro atoms. The van der Waals surface area contributed by atoms with Crippen LogP contribution in [0.1, 0.15) is 13.8 Å². The van der Waals surface area contributed by atoms with Gasteiger partial charge in [-0.1, -0.05) is 0 Å². The largest absolute Gasteiger partial charge is 0.301 e. The topological polar surface area (TPSA) is 20.3 Å². The minimum atomic E-state index is -2.25. The van der Waals surface area contributed by atoms with Gasteiger partial charge in [-0.2, -0.15) is 0 Å². The highest BCUT2D eigenvalue weighted by Gasteiger charge is 2.41. The third kappa shape index (κ3) is 1.63. The van der Waals surface area contributed by atoms with Gasteiger partial charge in [0.1, 0.15) is 6.29 Å². The van der Waals surface area contributed by atoms with E-state index in [1.165, 1.54) is 0 Å². The molecule has 0 aliphatic carbocycles. The second-order valence-corrected chi connectivity index (χ2v) is 3.77. The van der Waals surface area contributed by atoms with E-state index < -0.39 is 17.9 Å². The Balaban J connectivity index is 2.39. The lowest BCUT2D eigenvalue weighted by Crippen LogP contribution is -2.59. The molecule has 1 heterocycles. The first kappa shape index (κ1) is 9.58. The van der Waals surface area contributed by atoms with Gasteiger partial charge in [0.15, 0.2) is 0 Å². The molecular formula is C8H13F2NO. The summed E-state index contributed by atoms with van der Waals surface area (Å²) in [5.74, 6) is -0.538. The van der Waals surface area contributed by atoms with Crippen molar-refractivity contribution in [2.75, 3.05) is 13.1 Å². The Morgan fingerprint density at radius 1 is 1.50 bits per heavy atom. The molecule has 1 aliphatic heterocycles. The number of halogens is 2. The monoisotopic (exact) mass is 177 g/mol. The van der Waals surface area contributed by atoms with Crippen LogP contribution in [0.2, 0.25) is 0 Å². The molecule has 0 saturated carbocycles. The molecule has 0 aromatic heterocycles. The van der Waals surface area contributed by atoms with E-state index in [2.05, 4.69) is 0 Å². The Kier molecular flexibility index (Phi) is 2.46. The highest BCUT2D eigenvalue weighted by atomic mass is 19.3. The molecule has 0 atom stereocenters. The molecule has 0 aromatic rings. The van der Waals surface area contributed by atoms with E-state index in [-0.39, 0.29) is 0 Å². The predicted octanol–water partition coefficient (Wildman–Crippen LogP) is 1.16. The average Bonchev–Trinajstić information content (AvgIpc) is 1.82. The molecule has 12 heavy (non-hydrogen) atoms. The predicted molar refractivity (Wildman–Crippen MR) is 41.2 cm³/mol. The Hall–Kier alpha value is -0.510. The second-order valence-electron chi connectivity index (χ2n) is 3.77. The molecule has 70 valence electrons. The van der Waals surface area contributed by atoms with Crippen LogP contribution in [0.4, 0.5) is 8.78 Å². The van der Waals surface area contributed by atoms with Crippen LogP contribution in [0.15, 0.2) is 0 Å². The zero-order chi connectivity index (χ0) is 9.35. The van der Waals surface area contributed by atoms with Gasteiger partial charge in [-0.25, -0.2) is 8.78 Å². The number of rotatable bonds is 3. The maximum Gasteiger partial charge on any atom is 0.243 e. The number of aldehydes is 1. The summed E-state index contributed by atoms with van der Waals surface area (Å²) in [6.45, 7) is 4.15. The lowest BCUT2D eigenvalue weighted by molar-refractivity contribution is -0.126. The first-order valence-corrected chi connectivity index (χ1v) is 3.97. The molecule has 0 amide bonds. The van der Waals surface area contributed by atoms with Gasteiger partial charge < -0.3 is 4.79 Å². The van der Waals surface area contributed by atoms with Crippen LogP contribution in [-0.2, 0) is 4.79 Å². The van der Waals surface area contributed by atoms with Crippen LogP contribution in [0, 0.1) is 5.92 Å². The lowest BCUT2D eigenvalue weighted by Gasteiger charge is -2.46. The van der Waals surface area contributed by atoms with E-state index in [9.17, 15) is 13.6 Å². The molecule has 1 rings (SSSR count). The minimum absolute atomic E-state index is 0.337. The standard InChI is InChI=1S/C8H13F2NO/c1-8(2,5-12)11-3-6(4-11)7(9)10/h5-7H,3-4H2,1-2H3. The van der Waals surface area contributed by atoms with Crippen LogP contribution >= 0.6 is 0 Å². The molecule has 1 aliphatic rings. The number of hydrogen-bond acceptors (Lipinski definition) is 2. The van der Waals surface area contributed by atoms with E-state index in [0.717, 1.165) is 6.29 Å². The fraction of sp³-hybridized carbons (Fsp3) is 0.875. The average molecular weight is 177 g/mol. The van der Waals surface area contributed by atoms with Gasteiger partial charge >= 0.3 is 0 Å². The maximum atomic E-state index is 12.0. The van der Waals surface area contributed by atoms with Crippen molar-refractivity contribution < 1.29 is 13.6 Å². The quantitative estimate of drug-likeness (QED) is 0.603. The lowest BCUT2D eigenvalue weighted by atomic mass is 9.92. The maximum absolute atomic E-state index is 12.0. The zero-order valence-electron chi connectivity index (χ0n) is 7.26. The Bertz CT molecular complexity index is 176. The van der Waals surface area contributed by atoms with Crippen molar-refractivity contribution in [2.45, 2.75) is 25.8 Å². The Morgan fingerprint density at radius 3 is 2.33 bits per heavy atom. The summed E-state index contributed by atoms with van der Waals surface area (Å²) in [4.78, 5) is 12.3. The molecule has 2 nitrogen and oxygen atoms in total. The number of likely N-dealkylation sites (tertiary alicyclic amines) is 1. The van der Waals surface area contributed by atoms with Crippen molar-refractivity contribution in [3.63, 3.8) is 0 Å². The van der Waals surface area contributed by atoms with Crippen molar-refractivity contribution in [2.24, 2.45) is 5.92 Å². The van der Waals surface area contributed by atoms with Gasteiger partial charge in [-0.05, 0) is 13.8 Å². The molecule has 1 fully saturated rings. The van der Waals surface area contributed by atoms with Crippen molar-refractivity contribution in [3.8, 4) is 0 Å². The summed E-state index contributed by atoms with van der Waals surface area (Å²) in [5.41, 5.74) is -0.578. The summed E-state index contributed by atoms with van der Waals surface area (Å²) in [5, 5.41) is 0. The molecule has 4 heteroatoms. The third-order valence-corrected chi connectivity index (χ3v) is 2.37. The van der Waals surface area contributed by atoms with Crippen molar-refractivity contribution in [1.82, 2.24) is 4.90 Å².